The van der Waals surface area contributed by atoms with E-state index in [2.05, 4.69) is 5.32 Å². The van der Waals surface area contributed by atoms with E-state index in [4.69, 9.17) is 0 Å². The first kappa shape index (κ1) is 14.5. The van der Waals surface area contributed by atoms with Gasteiger partial charge in [-0.2, -0.15) is 0 Å². The predicted molar refractivity (Wildman–Crippen MR) is 74.9 cm³/mol. The first-order chi connectivity index (χ1) is 9.43. The van der Waals surface area contributed by atoms with Crippen molar-refractivity contribution in [1.82, 2.24) is 5.32 Å². The van der Waals surface area contributed by atoms with Crippen LogP contribution in [0.25, 0.3) is 0 Å². The standard InChI is InChI=1S/C15H19FN2O2/c1-4-5-13-15(20)18(10(3)14(19)17-13)12-7-9(2)6-11(16)8-12/h6-8,10,13H,4-5H2,1-3H3,(H,17,19). The Morgan fingerprint density at radius 3 is 2.60 bits per heavy atom. The van der Waals surface area contributed by atoms with Crippen LogP contribution in [0.1, 0.15) is 32.3 Å². The van der Waals surface area contributed by atoms with Crippen LogP contribution in [0.15, 0.2) is 18.2 Å². The number of halogens is 1. The molecule has 2 rings (SSSR count). The zero-order chi connectivity index (χ0) is 14.9. The molecular formula is C15H19FN2O2. The molecule has 2 unspecified atom stereocenters. The molecular weight excluding hydrogens is 259 g/mol. The van der Waals surface area contributed by atoms with Crippen LogP contribution in [0.4, 0.5) is 10.1 Å². The lowest BCUT2D eigenvalue weighted by Gasteiger charge is -2.37. The molecule has 0 bridgehead atoms. The van der Waals surface area contributed by atoms with Crippen LogP contribution in [0.2, 0.25) is 0 Å². The van der Waals surface area contributed by atoms with Gasteiger partial charge >= 0.3 is 0 Å². The molecule has 1 heterocycles. The topological polar surface area (TPSA) is 49.4 Å². The average Bonchev–Trinajstić information content (AvgIpc) is 2.35. The molecule has 1 aromatic rings. The average molecular weight is 278 g/mol. The van der Waals surface area contributed by atoms with E-state index in [9.17, 15) is 14.0 Å². The van der Waals surface area contributed by atoms with E-state index in [1.807, 2.05) is 6.92 Å². The Morgan fingerprint density at radius 1 is 1.30 bits per heavy atom. The molecule has 1 N–H and O–H groups in total. The lowest BCUT2D eigenvalue weighted by atomic mass is 10.0. The van der Waals surface area contributed by atoms with E-state index >= 15 is 0 Å². The number of hydrogen-bond acceptors (Lipinski definition) is 2. The zero-order valence-electron chi connectivity index (χ0n) is 11.9. The summed E-state index contributed by atoms with van der Waals surface area (Å²) in [5.74, 6) is -0.785. The number of piperazine rings is 1. The van der Waals surface area contributed by atoms with E-state index in [-0.39, 0.29) is 11.8 Å². The summed E-state index contributed by atoms with van der Waals surface area (Å²) in [6.07, 6.45) is 1.38. The molecule has 4 nitrogen and oxygen atoms in total. The van der Waals surface area contributed by atoms with Crippen molar-refractivity contribution in [1.29, 1.82) is 0 Å². The number of nitrogens with one attached hydrogen (secondary N) is 1. The largest absolute Gasteiger partial charge is 0.342 e. The van der Waals surface area contributed by atoms with Gasteiger partial charge in [0.1, 0.15) is 17.9 Å². The Labute approximate surface area is 118 Å². The molecule has 1 aliphatic rings. The summed E-state index contributed by atoms with van der Waals surface area (Å²) < 4.78 is 13.5. The maximum atomic E-state index is 13.5. The van der Waals surface area contributed by atoms with E-state index in [1.54, 1.807) is 19.9 Å². The van der Waals surface area contributed by atoms with Crippen LogP contribution >= 0.6 is 0 Å². The van der Waals surface area contributed by atoms with Gasteiger partial charge in [-0.15, -0.1) is 0 Å². The first-order valence-corrected chi connectivity index (χ1v) is 6.84. The fourth-order valence-electron chi connectivity index (χ4n) is 2.52. The second kappa shape index (κ2) is 5.61. The Hall–Kier alpha value is -1.91. The van der Waals surface area contributed by atoms with Crippen molar-refractivity contribution < 1.29 is 14.0 Å². The molecule has 20 heavy (non-hydrogen) atoms. The van der Waals surface area contributed by atoms with Crippen molar-refractivity contribution in [3.8, 4) is 0 Å². The van der Waals surface area contributed by atoms with Gasteiger partial charge in [0.05, 0.1) is 0 Å². The third kappa shape index (κ3) is 2.66. The molecule has 2 atom stereocenters. The number of carbonyl (C=O) groups is 2. The maximum absolute atomic E-state index is 13.5. The van der Waals surface area contributed by atoms with E-state index in [0.717, 1.165) is 12.0 Å². The Balaban J connectivity index is 2.40. The normalized spacial score (nSPS) is 22.9. The number of benzene rings is 1. The first-order valence-electron chi connectivity index (χ1n) is 6.84. The second-order valence-corrected chi connectivity index (χ2v) is 5.22. The van der Waals surface area contributed by atoms with Crippen molar-refractivity contribution in [2.24, 2.45) is 0 Å². The van der Waals surface area contributed by atoms with Gasteiger partial charge in [-0.25, -0.2) is 4.39 Å². The third-order valence-electron chi connectivity index (χ3n) is 3.50. The molecule has 0 aliphatic carbocycles. The van der Waals surface area contributed by atoms with E-state index < -0.39 is 17.9 Å². The summed E-state index contributed by atoms with van der Waals surface area (Å²) in [6, 6.07) is 3.26. The van der Waals surface area contributed by atoms with Gasteiger partial charge in [0.15, 0.2) is 0 Å². The summed E-state index contributed by atoms with van der Waals surface area (Å²) in [5.41, 5.74) is 1.16. The number of rotatable bonds is 3. The van der Waals surface area contributed by atoms with Gasteiger partial charge in [0, 0.05) is 5.69 Å². The van der Waals surface area contributed by atoms with Crippen molar-refractivity contribution in [3.63, 3.8) is 0 Å². The molecule has 108 valence electrons. The minimum Gasteiger partial charge on any atom is -0.342 e. The summed E-state index contributed by atoms with van der Waals surface area (Å²) in [5, 5.41) is 2.72. The van der Waals surface area contributed by atoms with Crippen LogP contribution in [0.5, 0.6) is 0 Å². The van der Waals surface area contributed by atoms with E-state index in [0.29, 0.717) is 12.1 Å². The highest BCUT2D eigenvalue weighted by molar-refractivity contribution is 6.08. The lowest BCUT2D eigenvalue weighted by molar-refractivity contribution is -0.133. The van der Waals surface area contributed by atoms with Crippen LogP contribution in [-0.4, -0.2) is 23.9 Å². The minimum absolute atomic E-state index is 0.177. The van der Waals surface area contributed by atoms with Gasteiger partial charge in [-0.3, -0.25) is 14.5 Å². The van der Waals surface area contributed by atoms with Crippen molar-refractivity contribution >= 4 is 17.5 Å². The second-order valence-electron chi connectivity index (χ2n) is 5.22. The maximum Gasteiger partial charge on any atom is 0.250 e. The smallest absolute Gasteiger partial charge is 0.250 e. The molecule has 0 spiro atoms. The predicted octanol–water partition coefficient (Wildman–Crippen LogP) is 2.15. The quantitative estimate of drug-likeness (QED) is 0.921. The summed E-state index contributed by atoms with van der Waals surface area (Å²) >= 11 is 0. The van der Waals surface area contributed by atoms with Gasteiger partial charge in [0.25, 0.3) is 0 Å². The van der Waals surface area contributed by atoms with Crippen LogP contribution in [0, 0.1) is 12.7 Å². The summed E-state index contributed by atoms with van der Waals surface area (Å²) in [7, 11) is 0. The Morgan fingerprint density at radius 2 is 2.00 bits per heavy atom. The van der Waals surface area contributed by atoms with Crippen LogP contribution < -0.4 is 10.2 Å². The Kier molecular flexibility index (Phi) is 4.06. The van der Waals surface area contributed by atoms with Crippen molar-refractivity contribution in [2.45, 2.75) is 45.7 Å². The monoisotopic (exact) mass is 278 g/mol. The minimum atomic E-state index is -0.628. The Bertz CT molecular complexity index is 524. The van der Waals surface area contributed by atoms with Crippen LogP contribution in [0.3, 0.4) is 0 Å². The molecule has 0 aromatic heterocycles. The molecule has 2 amide bonds. The highest BCUT2D eigenvalue weighted by atomic mass is 19.1. The lowest BCUT2D eigenvalue weighted by Crippen LogP contribution is -2.62. The van der Waals surface area contributed by atoms with E-state index in [1.165, 1.54) is 17.0 Å². The number of anilines is 1. The van der Waals surface area contributed by atoms with Crippen molar-refractivity contribution in [2.75, 3.05) is 4.90 Å². The highest BCUT2D eigenvalue weighted by Crippen LogP contribution is 2.24. The molecule has 1 aromatic carbocycles. The summed E-state index contributed by atoms with van der Waals surface area (Å²) in [6.45, 7) is 5.36. The molecule has 0 radical (unpaired) electrons. The van der Waals surface area contributed by atoms with Gasteiger partial charge in [-0.1, -0.05) is 13.3 Å². The molecule has 5 heteroatoms. The molecule has 1 aliphatic heterocycles. The van der Waals surface area contributed by atoms with Crippen LogP contribution in [-0.2, 0) is 9.59 Å². The van der Waals surface area contributed by atoms with Gasteiger partial charge in [0.2, 0.25) is 11.8 Å². The fraction of sp³-hybridized carbons (Fsp3) is 0.467. The third-order valence-corrected chi connectivity index (χ3v) is 3.50. The number of hydrogen-bond donors (Lipinski definition) is 1. The van der Waals surface area contributed by atoms with Crippen molar-refractivity contribution in [3.05, 3.63) is 29.6 Å². The number of carbonyl (C=O) groups excluding carboxylic acids is 2. The van der Waals surface area contributed by atoms with Gasteiger partial charge < -0.3 is 5.32 Å². The zero-order valence-corrected chi connectivity index (χ0v) is 11.9. The number of nitrogens with zero attached hydrogens (tertiary/aromatic N) is 1. The number of amides is 2. The fourth-order valence-corrected chi connectivity index (χ4v) is 2.52. The number of aryl methyl sites for hydroxylation is 1. The molecule has 1 fully saturated rings. The summed E-state index contributed by atoms with van der Waals surface area (Å²) in [4.78, 5) is 25.9. The SMILES string of the molecule is CCCC1NC(=O)C(C)N(c2cc(C)cc(F)c2)C1=O. The molecule has 1 saturated heterocycles. The molecule has 0 saturated carbocycles. The van der Waals surface area contributed by atoms with Gasteiger partial charge in [-0.05, 0) is 44.0 Å². The highest BCUT2D eigenvalue weighted by Gasteiger charge is 2.38.